The molecule has 0 saturated heterocycles. The Morgan fingerprint density at radius 2 is 0.879 bits per heavy atom. The number of hydrogen-bond donors (Lipinski definition) is 1. The van der Waals surface area contributed by atoms with Gasteiger partial charge in [0.1, 0.15) is 5.75 Å². The average Bonchev–Trinajstić information content (AvgIpc) is 3.39. The molecule has 0 fully saturated rings. The first-order chi connectivity index (χ1) is 16.2. The quantitative estimate of drug-likeness (QED) is 0.286. The van der Waals surface area contributed by atoms with Crippen molar-refractivity contribution in [2.75, 3.05) is 7.11 Å². The topological polar surface area (TPSA) is 29.5 Å². The van der Waals surface area contributed by atoms with Crippen molar-refractivity contribution in [1.82, 2.24) is 0 Å². The van der Waals surface area contributed by atoms with E-state index in [0.29, 0.717) is 0 Å². The van der Waals surface area contributed by atoms with Crippen LogP contribution in [0.5, 0.6) is 5.75 Å². The molecule has 1 aromatic heterocycles. The van der Waals surface area contributed by atoms with Gasteiger partial charge in [-0.15, -0.1) is 11.3 Å². The summed E-state index contributed by atoms with van der Waals surface area (Å²) in [4.78, 5) is 2.52. The molecule has 0 atom stereocenters. The summed E-state index contributed by atoms with van der Waals surface area (Å²) in [7, 11) is 1.69. The van der Waals surface area contributed by atoms with Crippen LogP contribution in [-0.4, -0.2) is 12.2 Å². The van der Waals surface area contributed by atoms with Gasteiger partial charge >= 0.3 is 0 Å². The molecule has 0 spiro atoms. The molecule has 0 saturated carbocycles. The summed E-state index contributed by atoms with van der Waals surface area (Å²) < 4.78 is 5.25. The third kappa shape index (κ3) is 4.61. The molecular formula is C30H24O2S. The maximum Gasteiger partial charge on any atom is 0.118 e. The Hall–Kier alpha value is -3.66. The number of benzene rings is 4. The lowest BCUT2D eigenvalue weighted by atomic mass is 10.0. The van der Waals surface area contributed by atoms with Crippen LogP contribution in [-0.2, 0) is 6.61 Å². The highest BCUT2D eigenvalue weighted by Gasteiger charge is 2.07. The summed E-state index contributed by atoms with van der Waals surface area (Å²) in [5.74, 6) is 0.870. The summed E-state index contributed by atoms with van der Waals surface area (Å²) in [5.41, 5.74) is 8.08. The van der Waals surface area contributed by atoms with Gasteiger partial charge in [0.2, 0.25) is 0 Å². The van der Waals surface area contributed by atoms with E-state index < -0.39 is 0 Å². The molecular weight excluding hydrogens is 424 g/mol. The lowest BCUT2D eigenvalue weighted by molar-refractivity contribution is 0.282. The second-order valence-electron chi connectivity index (χ2n) is 7.90. The van der Waals surface area contributed by atoms with Crippen LogP contribution >= 0.6 is 11.3 Å². The Bertz CT molecular complexity index is 1230. The zero-order valence-electron chi connectivity index (χ0n) is 18.4. The third-order valence-corrected chi connectivity index (χ3v) is 7.02. The largest absolute Gasteiger partial charge is 0.497 e. The maximum absolute atomic E-state index is 9.23. The highest BCUT2D eigenvalue weighted by molar-refractivity contribution is 7.18. The van der Waals surface area contributed by atoms with Gasteiger partial charge in [0, 0.05) is 9.75 Å². The highest BCUT2D eigenvalue weighted by atomic mass is 32.1. The van der Waals surface area contributed by atoms with E-state index in [1.807, 2.05) is 35.6 Å². The average molecular weight is 449 g/mol. The van der Waals surface area contributed by atoms with Gasteiger partial charge in [0.25, 0.3) is 0 Å². The van der Waals surface area contributed by atoms with E-state index in [2.05, 4.69) is 84.9 Å². The van der Waals surface area contributed by atoms with Crippen molar-refractivity contribution in [3.05, 3.63) is 115 Å². The Kier molecular flexibility index (Phi) is 6.07. The van der Waals surface area contributed by atoms with Gasteiger partial charge in [-0.25, -0.2) is 0 Å². The predicted molar refractivity (Wildman–Crippen MR) is 139 cm³/mol. The molecule has 5 rings (SSSR count). The first-order valence-corrected chi connectivity index (χ1v) is 11.7. The van der Waals surface area contributed by atoms with Crippen LogP contribution < -0.4 is 4.74 Å². The molecule has 0 aliphatic carbocycles. The molecule has 1 N–H and O–H groups in total. The van der Waals surface area contributed by atoms with E-state index in [1.165, 1.54) is 37.6 Å². The van der Waals surface area contributed by atoms with Gasteiger partial charge in [-0.3, -0.25) is 0 Å². The van der Waals surface area contributed by atoms with Crippen LogP contribution in [0.15, 0.2) is 109 Å². The number of ether oxygens (including phenoxy) is 1. The molecule has 0 unspecified atom stereocenters. The maximum atomic E-state index is 9.23. The van der Waals surface area contributed by atoms with Crippen LogP contribution in [0, 0.1) is 0 Å². The van der Waals surface area contributed by atoms with E-state index in [-0.39, 0.29) is 6.61 Å². The molecule has 0 aliphatic heterocycles. The van der Waals surface area contributed by atoms with Crippen molar-refractivity contribution in [2.45, 2.75) is 6.61 Å². The molecule has 5 aromatic rings. The van der Waals surface area contributed by atoms with Gasteiger partial charge < -0.3 is 9.84 Å². The van der Waals surface area contributed by atoms with E-state index in [9.17, 15) is 5.11 Å². The van der Waals surface area contributed by atoms with Crippen molar-refractivity contribution in [2.24, 2.45) is 0 Å². The summed E-state index contributed by atoms with van der Waals surface area (Å²) >= 11 is 1.81. The van der Waals surface area contributed by atoms with Gasteiger partial charge in [0.05, 0.1) is 13.7 Å². The van der Waals surface area contributed by atoms with Crippen molar-refractivity contribution in [1.29, 1.82) is 0 Å². The number of rotatable bonds is 6. The molecule has 4 aromatic carbocycles. The predicted octanol–water partition coefficient (Wildman–Crippen LogP) is 7.92. The van der Waals surface area contributed by atoms with Crippen molar-refractivity contribution in [3.63, 3.8) is 0 Å². The fraction of sp³-hybridized carbons (Fsp3) is 0.0667. The minimum atomic E-state index is 0.0736. The van der Waals surface area contributed by atoms with Gasteiger partial charge in [-0.05, 0) is 63.2 Å². The monoisotopic (exact) mass is 448 g/mol. The Morgan fingerprint density at radius 1 is 0.515 bits per heavy atom. The molecule has 0 amide bonds. The molecule has 3 heteroatoms. The number of hydrogen-bond acceptors (Lipinski definition) is 3. The Balaban J connectivity index is 1.33. The molecule has 0 bridgehead atoms. The molecule has 33 heavy (non-hydrogen) atoms. The van der Waals surface area contributed by atoms with Crippen LogP contribution in [0.4, 0.5) is 0 Å². The minimum absolute atomic E-state index is 0.0736. The van der Waals surface area contributed by atoms with E-state index in [1.54, 1.807) is 7.11 Å². The fourth-order valence-corrected chi connectivity index (χ4v) is 4.91. The SMILES string of the molecule is COc1ccc(-c2ccc(-c3ccc(-c4ccc(-c5ccc(CO)cc5)cc4)s3)cc2)cc1. The lowest BCUT2D eigenvalue weighted by Gasteiger charge is -2.05. The first-order valence-electron chi connectivity index (χ1n) is 10.9. The minimum Gasteiger partial charge on any atom is -0.497 e. The van der Waals surface area contributed by atoms with Crippen molar-refractivity contribution >= 4 is 11.3 Å². The second-order valence-corrected chi connectivity index (χ2v) is 8.99. The van der Waals surface area contributed by atoms with Crippen LogP contribution in [0.2, 0.25) is 0 Å². The summed E-state index contributed by atoms with van der Waals surface area (Å²) in [6.07, 6.45) is 0. The van der Waals surface area contributed by atoms with Gasteiger partial charge in [-0.2, -0.15) is 0 Å². The van der Waals surface area contributed by atoms with E-state index in [0.717, 1.165) is 16.9 Å². The van der Waals surface area contributed by atoms with Crippen LogP contribution in [0.25, 0.3) is 43.1 Å². The molecule has 0 radical (unpaired) electrons. The van der Waals surface area contributed by atoms with Crippen molar-refractivity contribution in [3.8, 4) is 48.9 Å². The van der Waals surface area contributed by atoms with Crippen LogP contribution in [0.3, 0.4) is 0 Å². The number of methoxy groups -OCH3 is 1. The zero-order valence-corrected chi connectivity index (χ0v) is 19.2. The Morgan fingerprint density at radius 3 is 1.27 bits per heavy atom. The van der Waals surface area contributed by atoms with Crippen molar-refractivity contribution < 1.29 is 9.84 Å². The van der Waals surface area contributed by atoms with Gasteiger partial charge in [-0.1, -0.05) is 84.9 Å². The highest BCUT2D eigenvalue weighted by Crippen LogP contribution is 2.36. The fourth-order valence-electron chi connectivity index (χ4n) is 3.89. The standard InChI is InChI=1S/C30H24O2S/c1-32-28-16-14-25(15-17-28)24-8-12-27(13-9-24)30-19-18-29(33-30)26-10-6-23(7-11-26)22-4-2-21(20-31)3-5-22/h2-19,31H,20H2,1H3. The Labute approximate surface area is 198 Å². The first kappa shape index (κ1) is 21.2. The van der Waals surface area contributed by atoms with E-state index >= 15 is 0 Å². The normalized spacial score (nSPS) is 10.8. The van der Waals surface area contributed by atoms with Crippen LogP contribution in [0.1, 0.15) is 5.56 Å². The smallest absolute Gasteiger partial charge is 0.118 e. The van der Waals surface area contributed by atoms with Gasteiger partial charge in [0.15, 0.2) is 0 Å². The lowest BCUT2D eigenvalue weighted by Crippen LogP contribution is -1.83. The third-order valence-electron chi connectivity index (χ3n) is 5.84. The number of aliphatic hydroxyl groups is 1. The molecule has 1 heterocycles. The second kappa shape index (κ2) is 9.45. The molecule has 0 aliphatic rings. The summed E-state index contributed by atoms with van der Waals surface area (Å²) in [6, 6.07) is 38.0. The molecule has 162 valence electrons. The molecule has 2 nitrogen and oxygen atoms in total. The number of thiophene rings is 1. The number of aliphatic hydroxyl groups excluding tert-OH is 1. The summed E-state index contributed by atoms with van der Waals surface area (Å²) in [6.45, 7) is 0.0736. The van der Waals surface area contributed by atoms with E-state index in [4.69, 9.17) is 4.74 Å². The zero-order chi connectivity index (χ0) is 22.6. The summed E-state index contributed by atoms with van der Waals surface area (Å²) in [5, 5.41) is 9.23.